The first-order chi connectivity index (χ1) is 5.70. The van der Waals surface area contributed by atoms with Crippen LogP contribution in [-0.2, 0) is 9.47 Å². The van der Waals surface area contributed by atoms with Gasteiger partial charge in [-0.1, -0.05) is 13.8 Å². The van der Waals surface area contributed by atoms with Crippen LogP contribution in [0.5, 0.6) is 0 Å². The third kappa shape index (κ3) is 1.16. The van der Waals surface area contributed by atoms with E-state index in [1.165, 1.54) is 0 Å². The van der Waals surface area contributed by atoms with Gasteiger partial charge in [0.2, 0.25) is 0 Å². The first-order valence-corrected chi connectivity index (χ1v) is 4.61. The van der Waals surface area contributed by atoms with Crippen molar-refractivity contribution >= 4 is 0 Å². The maximum Gasteiger partial charge on any atom is 0.112 e. The van der Waals surface area contributed by atoms with Crippen LogP contribution >= 0.6 is 0 Å². The molecule has 0 spiro atoms. The Bertz CT molecular complexity index is 169. The van der Waals surface area contributed by atoms with Gasteiger partial charge in [-0.15, -0.1) is 0 Å². The van der Waals surface area contributed by atoms with E-state index in [0.717, 1.165) is 6.61 Å². The minimum absolute atomic E-state index is 0.0580. The van der Waals surface area contributed by atoms with Crippen molar-refractivity contribution in [3.63, 3.8) is 0 Å². The summed E-state index contributed by atoms with van der Waals surface area (Å²) in [5.74, 6) is 1.04. The largest absolute Gasteiger partial charge is 0.388 e. The van der Waals surface area contributed by atoms with Crippen LogP contribution in [0.3, 0.4) is 0 Å². The smallest absolute Gasteiger partial charge is 0.112 e. The topological polar surface area (TPSA) is 38.7 Å². The molecule has 3 heteroatoms. The summed E-state index contributed by atoms with van der Waals surface area (Å²) in [5.41, 5.74) is 0. The van der Waals surface area contributed by atoms with Crippen LogP contribution < -0.4 is 0 Å². The molecule has 0 aliphatic carbocycles. The monoisotopic (exact) mass is 172 g/mol. The Hall–Kier alpha value is -0.120. The van der Waals surface area contributed by atoms with Gasteiger partial charge < -0.3 is 14.6 Å². The molecule has 0 saturated carbocycles. The first kappa shape index (κ1) is 8.48. The lowest BCUT2D eigenvalue weighted by Crippen LogP contribution is -2.30. The highest BCUT2D eigenvalue weighted by atomic mass is 16.6. The summed E-state index contributed by atoms with van der Waals surface area (Å²) in [6, 6.07) is 0. The molecule has 2 saturated heterocycles. The normalized spacial score (nSPS) is 47.0. The summed E-state index contributed by atoms with van der Waals surface area (Å²) in [4.78, 5) is 0. The molecular weight excluding hydrogens is 156 g/mol. The van der Waals surface area contributed by atoms with Crippen molar-refractivity contribution in [3.05, 3.63) is 0 Å². The van der Waals surface area contributed by atoms with Gasteiger partial charge in [0.25, 0.3) is 0 Å². The molecule has 1 N–H and O–H groups in total. The number of hydrogen-bond donors (Lipinski definition) is 1. The minimum atomic E-state index is -0.404. The zero-order valence-corrected chi connectivity index (χ0v) is 7.56. The second kappa shape index (κ2) is 2.98. The van der Waals surface area contributed by atoms with E-state index >= 15 is 0 Å². The van der Waals surface area contributed by atoms with E-state index in [1.807, 2.05) is 0 Å². The van der Waals surface area contributed by atoms with E-state index < -0.39 is 6.10 Å². The molecule has 2 rings (SSSR count). The Labute approximate surface area is 72.7 Å². The Balaban J connectivity index is 2.05. The van der Waals surface area contributed by atoms with E-state index in [-0.39, 0.29) is 12.2 Å². The van der Waals surface area contributed by atoms with Gasteiger partial charge in [0.05, 0.1) is 19.3 Å². The molecule has 70 valence electrons. The molecule has 2 heterocycles. The van der Waals surface area contributed by atoms with Crippen molar-refractivity contribution in [3.8, 4) is 0 Å². The average molecular weight is 172 g/mol. The number of aliphatic hydroxyl groups is 1. The number of fused-ring (bicyclic) bond motifs is 1. The summed E-state index contributed by atoms with van der Waals surface area (Å²) in [7, 11) is 0. The molecule has 0 unspecified atom stereocenters. The number of hydrogen-bond acceptors (Lipinski definition) is 3. The quantitative estimate of drug-likeness (QED) is 0.623. The SMILES string of the molecule is CC(C)[C@@H]1CO[C@H]2[C@@H]1OC[C@@H]2O. The summed E-state index contributed by atoms with van der Waals surface area (Å²) in [6.45, 7) is 5.53. The van der Waals surface area contributed by atoms with Gasteiger partial charge in [-0.05, 0) is 5.92 Å². The van der Waals surface area contributed by atoms with Gasteiger partial charge in [0.15, 0.2) is 0 Å². The molecule has 2 aliphatic heterocycles. The predicted molar refractivity (Wildman–Crippen MR) is 43.8 cm³/mol. The molecule has 3 nitrogen and oxygen atoms in total. The van der Waals surface area contributed by atoms with Crippen molar-refractivity contribution < 1.29 is 14.6 Å². The third-order valence-corrected chi connectivity index (χ3v) is 2.92. The lowest BCUT2D eigenvalue weighted by molar-refractivity contribution is 0.0153. The van der Waals surface area contributed by atoms with Gasteiger partial charge in [0, 0.05) is 5.92 Å². The maximum absolute atomic E-state index is 9.45. The number of rotatable bonds is 1. The Kier molecular flexibility index (Phi) is 2.10. The molecule has 0 amide bonds. The van der Waals surface area contributed by atoms with Gasteiger partial charge in [0.1, 0.15) is 12.2 Å². The zero-order valence-electron chi connectivity index (χ0n) is 7.56. The van der Waals surface area contributed by atoms with E-state index in [9.17, 15) is 5.11 Å². The van der Waals surface area contributed by atoms with Crippen LogP contribution in [0.15, 0.2) is 0 Å². The van der Waals surface area contributed by atoms with Crippen molar-refractivity contribution in [2.45, 2.75) is 32.2 Å². The van der Waals surface area contributed by atoms with Crippen LogP contribution in [0, 0.1) is 11.8 Å². The molecule has 0 radical (unpaired) electrons. The van der Waals surface area contributed by atoms with Crippen LogP contribution in [0.1, 0.15) is 13.8 Å². The standard InChI is InChI=1S/C9H16O3/c1-5(2)6-3-11-9-7(10)4-12-8(6)9/h5-10H,3-4H2,1-2H3/t6-,7-,8+,9+/m0/s1. The summed E-state index contributed by atoms with van der Waals surface area (Å²) < 4.78 is 11.0. The Morgan fingerprint density at radius 1 is 1.17 bits per heavy atom. The fourth-order valence-corrected chi connectivity index (χ4v) is 2.08. The maximum atomic E-state index is 9.45. The van der Waals surface area contributed by atoms with Crippen molar-refractivity contribution in [1.82, 2.24) is 0 Å². The van der Waals surface area contributed by atoms with Crippen molar-refractivity contribution in [1.29, 1.82) is 0 Å². The lowest BCUT2D eigenvalue weighted by Gasteiger charge is -2.18. The van der Waals surface area contributed by atoms with Crippen molar-refractivity contribution in [2.75, 3.05) is 13.2 Å². The summed E-state index contributed by atoms with van der Waals surface area (Å²) >= 11 is 0. The second-order valence-corrected chi connectivity index (χ2v) is 4.07. The molecule has 12 heavy (non-hydrogen) atoms. The highest BCUT2D eigenvalue weighted by Crippen LogP contribution is 2.34. The molecule has 0 bridgehead atoms. The third-order valence-electron chi connectivity index (χ3n) is 2.92. The van der Waals surface area contributed by atoms with Crippen molar-refractivity contribution in [2.24, 2.45) is 11.8 Å². The molecule has 0 aromatic heterocycles. The Morgan fingerprint density at radius 3 is 2.50 bits per heavy atom. The predicted octanol–water partition coefficient (Wildman–Crippen LogP) is 0.417. The van der Waals surface area contributed by atoms with Gasteiger partial charge in [-0.25, -0.2) is 0 Å². The summed E-state index contributed by atoms with van der Waals surface area (Å²) in [5, 5.41) is 9.45. The van der Waals surface area contributed by atoms with Crippen LogP contribution in [0.4, 0.5) is 0 Å². The van der Waals surface area contributed by atoms with Gasteiger partial charge in [-0.2, -0.15) is 0 Å². The molecular formula is C9H16O3. The molecule has 2 aliphatic rings. The molecule has 0 aromatic carbocycles. The fourth-order valence-electron chi connectivity index (χ4n) is 2.08. The molecule has 0 aromatic rings. The highest BCUT2D eigenvalue weighted by Gasteiger charge is 2.47. The Morgan fingerprint density at radius 2 is 1.83 bits per heavy atom. The fraction of sp³-hybridized carbons (Fsp3) is 1.00. The first-order valence-electron chi connectivity index (χ1n) is 4.61. The van der Waals surface area contributed by atoms with Gasteiger partial charge >= 0.3 is 0 Å². The highest BCUT2D eigenvalue weighted by molar-refractivity contribution is 4.94. The van der Waals surface area contributed by atoms with E-state index in [1.54, 1.807) is 0 Å². The van der Waals surface area contributed by atoms with Crippen LogP contribution in [0.2, 0.25) is 0 Å². The van der Waals surface area contributed by atoms with Crippen LogP contribution in [0.25, 0.3) is 0 Å². The van der Waals surface area contributed by atoms with E-state index in [2.05, 4.69) is 13.8 Å². The molecule has 2 fully saturated rings. The zero-order chi connectivity index (χ0) is 8.72. The van der Waals surface area contributed by atoms with E-state index in [0.29, 0.717) is 18.4 Å². The average Bonchev–Trinajstić information content (AvgIpc) is 2.53. The van der Waals surface area contributed by atoms with Gasteiger partial charge in [-0.3, -0.25) is 0 Å². The lowest BCUT2D eigenvalue weighted by atomic mass is 9.90. The van der Waals surface area contributed by atoms with E-state index in [4.69, 9.17) is 9.47 Å². The van der Waals surface area contributed by atoms with Crippen LogP contribution in [-0.4, -0.2) is 36.6 Å². The number of ether oxygens (including phenoxy) is 2. The number of aliphatic hydroxyl groups excluding tert-OH is 1. The molecule has 4 atom stereocenters. The minimum Gasteiger partial charge on any atom is -0.388 e. The second-order valence-electron chi connectivity index (χ2n) is 4.07. The summed E-state index contributed by atoms with van der Waals surface area (Å²) in [6.07, 6.45) is -0.323.